The highest BCUT2D eigenvalue weighted by atomic mass is 35.5. The van der Waals surface area contributed by atoms with Gasteiger partial charge in [0.1, 0.15) is 11.4 Å². The molecule has 10 heteroatoms. The smallest absolute Gasteiger partial charge is 0.252 e. The molecule has 0 radical (unpaired) electrons. The van der Waals surface area contributed by atoms with Crippen LogP contribution < -0.4 is 9.63 Å². The Labute approximate surface area is 171 Å². The molecule has 2 aromatic heterocycles. The fraction of sp³-hybridized carbons (Fsp3) is 0.500. The maximum Gasteiger partial charge on any atom is 0.252 e. The van der Waals surface area contributed by atoms with Crippen LogP contribution >= 0.6 is 23.4 Å². The number of halogens is 3. The molecule has 28 heavy (non-hydrogen) atoms. The molecule has 1 aliphatic rings. The number of thioether (sulfide) groups is 1. The van der Waals surface area contributed by atoms with Gasteiger partial charge in [0.25, 0.3) is 5.92 Å². The number of amides is 1. The van der Waals surface area contributed by atoms with Crippen molar-refractivity contribution in [2.45, 2.75) is 26.2 Å². The Hall–Kier alpha value is -1.87. The monoisotopic (exact) mass is 431 g/mol. The van der Waals surface area contributed by atoms with Crippen molar-refractivity contribution in [3.63, 3.8) is 0 Å². The van der Waals surface area contributed by atoms with E-state index in [0.717, 1.165) is 4.73 Å². The molecule has 0 saturated heterocycles. The molecule has 0 aromatic carbocycles. The van der Waals surface area contributed by atoms with Gasteiger partial charge in [-0.3, -0.25) is 10.0 Å². The Morgan fingerprint density at radius 3 is 2.93 bits per heavy atom. The van der Waals surface area contributed by atoms with Gasteiger partial charge in [-0.25, -0.2) is 13.5 Å². The third kappa shape index (κ3) is 4.57. The van der Waals surface area contributed by atoms with E-state index in [1.807, 2.05) is 6.92 Å². The largest absolute Gasteiger partial charge is 0.308 e. The van der Waals surface area contributed by atoms with E-state index in [9.17, 15) is 18.8 Å². The summed E-state index contributed by atoms with van der Waals surface area (Å²) in [5, 5.41) is 13.9. The van der Waals surface area contributed by atoms with Crippen LogP contribution in [0.2, 0.25) is 5.15 Å². The van der Waals surface area contributed by atoms with Crippen LogP contribution in [0.4, 0.5) is 14.5 Å². The van der Waals surface area contributed by atoms with Crippen LogP contribution in [0.25, 0.3) is 5.69 Å². The van der Waals surface area contributed by atoms with Crippen molar-refractivity contribution in [3.8, 4) is 5.69 Å². The summed E-state index contributed by atoms with van der Waals surface area (Å²) >= 11 is 7.64. The highest BCUT2D eigenvalue weighted by Crippen LogP contribution is 2.50. The molecule has 152 valence electrons. The number of anilines is 1. The van der Waals surface area contributed by atoms with Gasteiger partial charge in [0.05, 0.1) is 6.20 Å². The molecule has 3 rings (SSSR count). The number of pyridine rings is 1. The van der Waals surface area contributed by atoms with Crippen molar-refractivity contribution < 1.29 is 23.5 Å². The maximum absolute atomic E-state index is 13.0. The molecule has 1 aliphatic carbocycles. The first kappa shape index (κ1) is 20.9. The summed E-state index contributed by atoms with van der Waals surface area (Å²) in [6.07, 6.45) is 4.50. The third-order valence-electron chi connectivity index (χ3n) is 4.62. The number of alkyl halides is 2. The van der Waals surface area contributed by atoms with Gasteiger partial charge in [0, 0.05) is 47.1 Å². The lowest BCUT2D eigenvalue weighted by Crippen LogP contribution is -2.36. The van der Waals surface area contributed by atoms with E-state index in [2.05, 4.69) is 5.10 Å². The molecule has 0 spiro atoms. The zero-order valence-corrected chi connectivity index (χ0v) is 17.1. The topological polar surface area (TPSA) is 62.2 Å². The summed E-state index contributed by atoms with van der Waals surface area (Å²) < 4.78 is 28.3. The van der Waals surface area contributed by atoms with E-state index in [1.165, 1.54) is 28.8 Å². The molecule has 2 atom stereocenters. The zero-order valence-electron chi connectivity index (χ0n) is 15.6. The van der Waals surface area contributed by atoms with Gasteiger partial charge in [0.2, 0.25) is 18.3 Å². The Bertz CT molecular complexity index is 864. The molecule has 2 heterocycles. The van der Waals surface area contributed by atoms with Crippen LogP contribution in [0.15, 0.2) is 30.7 Å². The number of nitrogens with zero attached hydrogens (tertiary/aromatic N) is 4. The first-order valence-corrected chi connectivity index (χ1v) is 10.5. The Morgan fingerprint density at radius 1 is 1.61 bits per heavy atom. The molecule has 1 amide bonds. The third-order valence-corrected chi connectivity index (χ3v) is 6.27. The van der Waals surface area contributed by atoms with Crippen molar-refractivity contribution in [3.05, 3.63) is 35.9 Å². The SMILES string of the molecule is CCN(C(=O)C(C)CSCC1CC1(F)F)c1cn(-c2ccc[n+](O)c2)nc1Cl. The molecule has 6 nitrogen and oxygen atoms in total. The van der Waals surface area contributed by atoms with Gasteiger partial charge < -0.3 is 4.90 Å². The van der Waals surface area contributed by atoms with Crippen LogP contribution in [0.3, 0.4) is 0 Å². The standard InChI is InChI=1S/C18H22ClF2N4O2S/c1-3-24(17(26)12(2)10-28-11-13-7-18(13,20)21)15-9-25(22-16(15)19)14-5-4-6-23(27)8-14/h4-6,8-9,12-13,27H,3,7,10-11H2,1-2H3/q+1. The summed E-state index contributed by atoms with van der Waals surface area (Å²) in [7, 11) is 0. The minimum Gasteiger partial charge on any atom is -0.308 e. The maximum atomic E-state index is 13.0. The van der Waals surface area contributed by atoms with E-state index in [1.54, 1.807) is 30.2 Å². The fourth-order valence-electron chi connectivity index (χ4n) is 2.86. The van der Waals surface area contributed by atoms with Crippen LogP contribution in [0.1, 0.15) is 20.3 Å². The summed E-state index contributed by atoms with van der Waals surface area (Å²) in [5.74, 6) is -2.73. The quantitative estimate of drug-likeness (QED) is 0.514. The molecular weight excluding hydrogens is 410 g/mol. The van der Waals surface area contributed by atoms with Crippen molar-refractivity contribution in [2.24, 2.45) is 11.8 Å². The number of carbonyl (C=O) groups excluding carboxylic acids is 1. The van der Waals surface area contributed by atoms with Crippen LogP contribution in [0, 0.1) is 11.8 Å². The van der Waals surface area contributed by atoms with E-state index >= 15 is 0 Å². The first-order valence-electron chi connectivity index (χ1n) is 8.96. The van der Waals surface area contributed by atoms with Gasteiger partial charge in [-0.15, -0.1) is 0 Å². The van der Waals surface area contributed by atoms with Crippen LogP contribution in [0.5, 0.6) is 0 Å². The van der Waals surface area contributed by atoms with Gasteiger partial charge in [-0.05, 0) is 13.0 Å². The Kier molecular flexibility index (Phi) is 6.14. The van der Waals surface area contributed by atoms with Gasteiger partial charge in [0.15, 0.2) is 5.15 Å². The Morgan fingerprint density at radius 2 is 2.32 bits per heavy atom. The summed E-state index contributed by atoms with van der Waals surface area (Å²) in [6.45, 7) is 4.02. The normalized spacial score (nSPS) is 18.7. The summed E-state index contributed by atoms with van der Waals surface area (Å²) in [6, 6.07) is 3.39. The van der Waals surface area contributed by atoms with Crippen LogP contribution in [-0.2, 0) is 4.79 Å². The molecule has 2 unspecified atom stereocenters. The van der Waals surface area contributed by atoms with Gasteiger partial charge >= 0.3 is 0 Å². The lowest BCUT2D eigenvalue weighted by Gasteiger charge is -2.23. The fourth-order valence-corrected chi connectivity index (χ4v) is 4.37. The number of hydrogen-bond acceptors (Lipinski definition) is 4. The molecule has 1 fully saturated rings. The first-order chi connectivity index (χ1) is 13.2. The number of hydrogen-bond donors (Lipinski definition) is 1. The second-order valence-electron chi connectivity index (χ2n) is 6.87. The van der Waals surface area contributed by atoms with E-state index in [-0.39, 0.29) is 23.4 Å². The minimum atomic E-state index is -2.53. The van der Waals surface area contributed by atoms with E-state index in [4.69, 9.17) is 11.6 Å². The molecular formula is C18H22ClF2N4O2S+. The zero-order chi connectivity index (χ0) is 20.5. The van der Waals surface area contributed by atoms with Crippen LogP contribution in [-0.4, -0.2) is 44.9 Å². The molecule has 1 N–H and O–H groups in total. The minimum absolute atomic E-state index is 0.0501. The number of carbonyl (C=O) groups is 1. The van der Waals surface area contributed by atoms with Crippen molar-refractivity contribution in [1.82, 2.24) is 9.78 Å². The van der Waals surface area contributed by atoms with Gasteiger partial charge in [-0.1, -0.05) is 18.5 Å². The average molecular weight is 432 g/mol. The van der Waals surface area contributed by atoms with E-state index in [0.29, 0.717) is 29.4 Å². The predicted octanol–water partition coefficient (Wildman–Crippen LogP) is 3.43. The second kappa shape index (κ2) is 8.24. The number of rotatable bonds is 8. The highest BCUT2D eigenvalue weighted by Gasteiger charge is 2.56. The van der Waals surface area contributed by atoms with E-state index < -0.39 is 11.8 Å². The second-order valence-corrected chi connectivity index (χ2v) is 8.31. The van der Waals surface area contributed by atoms with Crippen molar-refractivity contribution in [2.75, 3.05) is 23.0 Å². The molecule has 2 aromatic rings. The summed E-state index contributed by atoms with van der Waals surface area (Å²) in [4.78, 5) is 14.4. The lowest BCUT2D eigenvalue weighted by atomic mass is 10.2. The average Bonchev–Trinajstić information content (AvgIpc) is 3.07. The van der Waals surface area contributed by atoms with Crippen molar-refractivity contribution >= 4 is 35.0 Å². The lowest BCUT2D eigenvalue weighted by molar-refractivity contribution is -0.904. The highest BCUT2D eigenvalue weighted by molar-refractivity contribution is 7.99. The summed E-state index contributed by atoms with van der Waals surface area (Å²) in [5.41, 5.74) is 1.05. The molecule has 1 saturated carbocycles. The predicted molar refractivity (Wildman–Crippen MR) is 104 cm³/mol. The molecule has 0 aliphatic heterocycles. The number of aromatic nitrogens is 3. The Balaban J connectivity index is 1.67. The molecule has 0 bridgehead atoms. The van der Waals surface area contributed by atoms with Gasteiger partial charge in [-0.2, -0.15) is 16.9 Å². The van der Waals surface area contributed by atoms with Crippen molar-refractivity contribution in [1.29, 1.82) is 0 Å².